The summed E-state index contributed by atoms with van der Waals surface area (Å²) >= 11 is 0. The Morgan fingerprint density at radius 2 is 2.30 bits per heavy atom. The zero-order chi connectivity index (χ0) is 14.7. The summed E-state index contributed by atoms with van der Waals surface area (Å²) in [5, 5.41) is 0. The summed E-state index contributed by atoms with van der Waals surface area (Å²) in [5.41, 5.74) is 0.322. The zero-order valence-corrected chi connectivity index (χ0v) is 11.3. The molecular formula is C14H16FNO4. The molecule has 2 rings (SSSR count). The fraction of sp³-hybridized carbons (Fsp3) is 0.429. The van der Waals surface area contributed by atoms with E-state index in [1.807, 2.05) is 0 Å². The Labute approximate surface area is 116 Å². The maximum absolute atomic E-state index is 13.4. The number of nitrogens with zero attached hydrogens (tertiary/aromatic N) is 1. The van der Waals surface area contributed by atoms with Crippen LogP contribution in [0.2, 0.25) is 0 Å². The van der Waals surface area contributed by atoms with Crippen molar-refractivity contribution in [2.45, 2.75) is 25.5 Å². The fourth-order valence-electron chi connectivity index (χ4n) is 2.26. The number of halogens is 1. The number of hydrogen-bond donors (Lipinski definition) is 0. The molecular weight excluding hydrogens is 265 g/mol. The van der Waals surface area contributed by atoms with Crippen LogP contribution >= 0.6 is 0 Å². The van der Waals surface area contributed by atoms with Gasteiger partial charge in [0.05, 0.1) is 0 Å². The van der Waals surface area contributed by atoms with Crippen molar-refractivity contribution in [2.24, 2.45) is 0 Å². The molecule has 2 atom stereocenters. The molecule has 0 radical (unpaired) electrons. The fourth-order valence-corrected chi connectivity index (χ4v) is 2.26. The summed E-state index contributed by atoms with van der Waals surface area (Å²) in [6.45, 7) is 1.57. The highest BCUT2D eigenvalue weighted by Crippen LogP contribution is 2.26. The molecule has 1 fully saturated rings. The first-order valence-corrected chi connectivity index (χ1v) is 6.30. The quantitative estimate of drug-likeness (QED) is 0.785. The van der Waals surface area contributed by atoms with E-state index in [1.54, 1.807) is 13.0 Å². The summed E-state index contributed by atoms with van der Waals surface area (Å²) < 4.78 is 23.2. The van der Waals surface area contributed by atoms with Crippen LogP contribution in [0.25, 0.3) is 0 Å². The van der Waals surface area contributed by atoms with Gasteiger partial charge in [-0.1, -0.05) is 6.07 Å². The lowest BCUT2D eigenvalue weighted by Crippen LogP contribution is -2.45. The monoisotopic (exact) mass is 281 g/mol. The minimum atomic E-state index is -0.741. The molecule has 1 saturated heterocycles. The third kappa shape index (κ3) is 2.96. The molecule has 1 aromatic rings. The first-order chi connectivity index (χ1) is 9.52. The zero-order valence-electron chi connectivity index (χ0n) is 11.3. The molecule has 1 aliphatic rings. The van der Waals surface area contributed by atoms with Gasteiger partial charge in [0.25, 0.3) is 5.91 Å². The molecule has 0 aromatic heterocycles. The number of rotatable bonds is 4. The van der Waals surface area contributed by atoms with E-state index in [0.29, 0.717) is 12.1 Å². The number of amides is 1. The Kier molecular flexibility index (Phi) is 4.34. The maximum Gasteiger partial charge on any atom is 0.329 e. The van der Waals surface area contributed by atoms with Gasteiger partial charge in [0, 0.05) is 19.2 Å². The minimum absolute atomic E-state index is 0.186. The Bertz CT molecular complexity index is 520. The normalized spacial score (nSPS) is 21.6. The molecule has 2 unspecified atom stereocenters. The molecule has 0 spiro atoms. The van der Waals surface area contributed by atoms with Crippen LogP contribution in [-0.2, 0) is 19.1 Å². The van der Waals surface area contributed by atoms with Gasteiger partial charge in [-0.3, -0.25) is 9.69 Å². The molecule has 108 valence electrons. The second-order valence-corrected chi connectivity index (χ2v) is 4.68. The van der Waals surface area contributed by atoms with Gasteiger partial charge in [-0.05, 0) is 25.1 Å². The molecule has 6 heteroatoms. The van der Waals surface area contributed by atoms with Gasteiger partial charge < -0.3 is 9.47 Å². The van der Waals surface area contributed by atoms with Crippen LogP contribution in [0, 0.1) is 5.82 Å². The first kappa shape index (κ1) is 14.5. The van der Waals surface area contributed by atoms with Crippen LogP contribution in [0.15, 0.2) is 24.3 Å². The van der Waals surface area contributed by atoms with Crippen molar-refractivity contribution in [3.63, 3.8) is 0 Å². The number of ether oxygens (including phenoxy) is 2. The van der Waals surface area contributed by atoms with Crippen molar-refractivity contribution >= 4 is 17.6 Å². The van der Waals surface area contributed by atoms with Gasteiger partial charge in [0.2, 0.25) is 0 Å². The minimum Gasteiger partial charge on any atom is -0.461 e. The molecule has 1 aromatic carbocycles. The van der Waals surface area contributed by atoms with Crippen molar-refractivity contribution < 1.29 is 23.5 Å². The molecule has 1 heterocycles. The Balaban J connectivity index is 2.34. The predicted octanol–water partition coefficient (Wildman–Crippen LogP) is 1.51. The summed E-state index contributed by atoms with van der Waals surface area (Å²) in [6, 6.07) is 4.81. The number of esters is 1. The smallest absolute Gasteiger partial charge is 0.329 e. The highest BCUT2D eigenvalue weighted by Gasteiger charge is 2.39. The van der Waals surface area contributed by atoms with Gasteiger partial charge in [-0.2, -0.15) is 0 Å². The molecule has 20 heavy (non-hydrogen) atoms. The molecule has 0 bridgehead atoms. The third-order valence-corrected chi connectivity index (χ3v) is 3.08. The lowest BCUT2D eigenvalue weighted by Gasteiger charge is -2.26. The number of anilines is 1. The van der Waals surface area contributed by atoms with Gasteiger partial charge in [0.1, 0.15) is 24.6 Å². The van der Waals surface area contributed by atoms with Crippen LogP contribution in [0.3, 0.4) is 0 Å². The van der Waals surface area contributed by atoms with Crippen molar-refractivity contribution in [3.8, 4) is 0 Å². The number of cyclic esters (lactones) is 1. The SMILES string of the molecule is COCC(=O)N(c1cccc(F)c1)C1CC(C)OC1=O. The second-order valence-electron chi connectivity index (χ2n) is 4.68. The van der Waals surface area contributed by atoms with Crippen molar-refractivity contribution in [1.29, 1.82) is 0 Å². The van der Waals surface area contributed by atoms with E-state index in [1.165, 1.54) is 30.2 Å². The summed E-state index contributed by atoms with van der Waals surface area (Å²) in [4.78, 5) is 25.3. The summed E-state index contributed by atoms with van der Waals surface area (Å²) in [5.74, 6) is -1.36. The van der Waals surface area contributed by atoms with Gasteiger partial charge in [0.15, 0.2) is 0 Å². The molecule has 0 aliphatic carbocycles. The van der Waals surface area contributed by atoms with Crippen LogP contribution in [0.5, 0.6) is 0 Å². The van der Waals surface area contributed by atoms with E-state index in [4.69, 9.17) is 9.47 Å². The Morgan fingerprint density at radius 3 is 2.85 bits per heavy atom. The first-order valence-electron chi connectivity index (χ1n) is 6.30. The number of carbonyl (C=O) groups is 2. The van der Waals surface area contributed by atoms with Crippen LogP contribution < -0.4 is 4.90 Å². The molecule has 0 N–H and O–H groups in total. The van der Waals surface area contributed by atoms with E-state index < -0.39 is 23.7 Å². The van der Waals surface area contributed by atoms with Gasteiger partial charge in [-0.15, -0.1) is 0 Å². The van der Waals surface area contributed by atoms with Gasteiger partial charge in [-0.25, -0.2) is 9.18 Å². The van der Waals surface area contributed by atoms with Gasteiger partial charge >= 0.3 is 5.97 Å². The second kappa shape index (κ2) is 6.00. The maximum atomic E-state index is 13.4. The topological polar surface area (TPSA) is 55.8 Å². The largest absolute Gasteiger partial charge is 0.461 e. The number of carbonyl (C=O) groups excluding carboxylic acids is 2. The van der Waals surface area contributed by atoms with Crippen molar-refractivity contribution in [2.75, 3.05) is 18.6 Å². The number of benzene rings is 1. The molecule has 0 saturated carbocycles. The van der Waals surface area contributed by atoms with E-state index >= 15 is 0 Å². The van der Waals surface area contributed by atoms with E-state index in [9.17, 15) is 14.0 Å². The number of methoxy groups -OCH3 is 1. The lowest BCUT2D eigenvalue weighted by atomic mass is 10.1. The highest BCUT2D eigenvalue weighted by atomic mass is 19.1. The van der Waals surface area contributed by atoms with E-state index in [0.717, 1.165) is 0 Å². The van der Waals surface area contributed by atoms with Crippen LogP contribution in [-0.4, -0.2) is 37.7 Å². The summed E-state index contributed by atoms with van der Waals surface area (Å²) in [6.07, 6.45) is 0.115. The van der Waals surface area contributed by atoms with Crippen molar-refractivity contribution in [1.82, 2.24) is 0 Å². The average Bonchev–Trinajstić information content (AvgIpc) is 2.69. The molecule has 1 amide bonds. The summed E-state index contributed by atoms with van der Waals surface area (Å²) in [7, 11) is 1.39. The molecule has 1 aliphatic heterocycles. The third-order valence-electron chi connectivity index (χ3n) is 3.08. The van der Waals surface area contributed by atoms with Crippen molar-refractivity contribution in [3.05, 3.63) is 30.1 Å². The molecule has 5 nitrogen and oxygen atoms in total. The highest BCUT2D eigenvalue weighted by molar-refractivity contribution is 6.00. The predicted molar refractivity (Wildman–Crippen MR) is 69.7 cm³/mol. The Morgan fingerprint density at radius 1 is 1.55 bits per heavy atom. The Hall–Kier alpha value is -1.95. The average molecular weight is 281 g/mol. The van der Waals surface area contributed by atoms with Crippen LogP contribution in [0.4, 0.5) is 10.1 Å². The lowest BCUT2D eigenvalue weighted by molar-refractivity contribution is -0.143. The van der Waals surface area contributed by atoms with E-state index in [2.05, 4.69) is 0 Å². The number of hydrogen-bond acceptors (Lipinski definition) is 4. The van der Waals surface area contributed by atoms with Crippen LogP contribution in [0.1, 0.15) is 13.3 Å². The standard InChI is InChI=1S/C14H16FNO4/c1-9-6-12(14(18)20-9)16(13(17)8-19-2)11-5-3-4-10(15)7-11/h3-5,7,9,12H,6,8H2,1-2H3. The van der Waals surface area contributed by atoms with E-state index in [-0.39, 0.29) is 12.7 Å².